The normalized spacial score (nSPS) is 27.3. The number of piperidine rings is 1. The van der Waals surface area contributed by atoms with Gasteiger partial charge in [-0.2, -0.15) is 11.3 Å². The first-order valence-electron chi connectivity index (χ1n) is 8.76. The molecule has 1 saturated carbocycles. The van der Waals surface area contributed by atoms with E-state index in [1.165, 1.54) is 30.6 Å². The molecule has 1 aromatic heterocycles. The minimum absolute atomic E-state index is 0.0816. The van der Waals surface area contributed by atoms with Gasteiger partial charge >= 0.3 is 0 Å². The maximum Gasteiger partial charge on any atom is 0.252 e. The van der Waals surface area contributed by atoms with Gasteiger partial charge in [0.25, 0.3) is 5.91 Å². The van der Waals surface area contributed by atoms with Crippen LogP contribution in [0, 0.1) is 11.8 Å². The predicted octanol–water partition coefficient (Wildman–Crippen LogP) is 3.30. The Bertz CT molecular complexity index is 543. The van der Waals surface area contributed by atoms with Crippen molar-refractivity contribution < 1.29 is 9.59 Å². The molecule has 126 valence electrons. The highest BCUT2D eigenvalue weighted by molar-refractivity contribution is 7.08. The summed E-state index contributed by atoms with van der Waals surface area (Å²) in [7, 11) is 0. The third-order valence-corrected chi connectivity index (χ3v) is 6.15. The van der Waals surface area contributed by atoms with Crippen molar-refractivity contribution in [3.63, 3.8) is 0 Å². The molecular formula is C18H26N2O2S. The zero-order valence-corrected chi connectivity index (χ0v) is 14.6. The smallest absolute Gasteiger partial charge is 0.252 e. The summed E-state index contributed by atoms with van der Waals surface area (Å²) < 4.78 is 0. The molecule has 0 spiro atoms. The first-order chi connectivity index (χ1) is 11.2. The van der Waals surface area contributed by atoms with Crippen LogP contribution in [-0.4, -0.2) is 35.8 Å². The van der Waals surface area contributed by atoms with E-state index in [9.17, 15) is 9.59 Å². The Morgan fingerprint density at radius 1 is 1.30 bits per heavy atom. The second-order valence-electron chi connectivity index (χ2n) is 6.89. The molecule has 1 aromatic rings. The van der Waals surface area contributed by atoms with Crippen LogP contribution in [0.2, 0.25) is 0 Å². The summed E-state index contributed by atoms with van der Waals surface area (Å²) in [6.07, 6.45) is 6.50. The Kier molecular flexibility index (Phi) is 5.36. The minimum Gasteiger partial charge on any atom is -0.351 e. The first-order valence-corrected chi connectivity index (χ1v) is 9.71. The van der Waals surface area contributed by atoms with Crippen molar-refractivity contribution in [3.05, 3.63) is 22.4 Å². The molecule has 1 saturated heterocycles. The van der Waals surface area contributed by atoms with Gasteiger partial charge in [-0.05, 0) is 42.5 Å². The molecule has 2 heterocycles. The maximum absolute atomic E-state index is 12.6. The van der Waals surface area contributed by atoms with E-state index in [1.807, 2.05) is 10.8 Å². The molecule has 1 aliphatic carbocycles. The van der Waals surface area contributed by atoms with Gasteiger partial charge in [0.15, 0.2) is 0 Å². The average Bonchev–Trinajstić information content (AvgIpc) is 3.10. The van der Waals surface area contributed by atoms with Gasteiger partial charge in [-0.1, -0.05) is 19.8 Å². The quantitative estimate of drug-likeness (QED) is 0.918. The fourth-order valence-corrected chi connectivity index (χ4v) is 4.78. The fraction of sp³-hybridized carbons (Fsp3) is 0.667. The molecule has 2 amide bonds. The number of rotatable bonds is 4. The summed E-state index contributed by atoms with van der Waals surface area (Å²) in [4.78, 5) is 26.6. The number of carbonyl (C=O) groups is 2. The lowest BCUT2D eigenvalue weighted by molar-refractivity contribution is -0.138. The summed E-state index contributed by atoms with van der Waals surface area (Å²) in [5, 5.41) is 6.57. The lowest BCUT2D eigenvalue weighted by atomic mass is 9.72. The van der Waals surface area contributed by atoms with Crippen molar-refractivity contribution in [2.45, 2.75) is 51.5 Å². The second-order valence-corrected chi connectivity index (χ2v) is 7.67. The van der Waals surface area contributed by atoms with Crippen molar-refractivity contribution in [1.29, 1.82) is 0 Å². The molecule has 0 bridgehead atoms. The number of hydrogen-bond donors (Lipinski definition) is 1. The lowest BCUT2D eigenvalue weighted by Gasteiger charge is -2.47. The molecule has 23 heavy (non-hydrogen) atoms. The number of amides is 2. The van der Waals surface area contributed by atoms with Crippen LogP contribution in [0.1, 0.15) is 55.8 Å². The Morgan fingerprint density at radius 2 is 2.13 bits per heavy atom. The number of hydrogen-bond acceptors (Lipinski definition) is 3. The van der Waals surface area contributed by atoms with Crippen LogP contribution in [0.5, 0.6) is 0 Å². The van der Waals surface area contributed by atoms with Crippen LogP contribution < -0.4 is 5.32 Å². The molecule has 4 nitrogen and oxygen atoms in total. The van der Waals surface area contributed by atoms with Crippen LogP contribution in [0.3, 0.4) is 0 Å². The number of nitrogens with zero attached hydrogens (tertiary/aromatic N) is 1. The van der Waals surface area contributed by atoms with E-state index < -0.39 is 0 Å². The van der Waals surface area contributed by atoms with Gasteiger partial charge in [0.05, 0.1) is 0 Å². The lowest BCUT2D eigenvalue weighted by Crippen LogP contribution is -2.52. The highest BCUT2D eigenvalue weighted by atomic mass is 32.1. The average molecular weight is 334 g/mol. The van der Waals surface area contributed by atoms with Gasteiger partial charge in [0.1, 0.15) is 0 Å². The highest BCUT2D eigenvalue weighted by Crippen LogP contribution is 2.38. The van der Waals surface area contributed by atoms with Gasteiger partial charge in [0, 0.05) is 36.5 Å². The fourth-order valence-electron chi connectivity index (χ4n) is 4.15. The molecule has 5 heteroatoms. The topological polar surface area (TPSA) is 49.4 Å². The van der Waals surface area contributed by atoms with Crippen molar-refractivity contribution in [2.75, 3.05) is 13.1 Å². The third-order valence-electron chi connectivity index (χ3n) is 5.47. The SMILES string of the molecule is CC1CCN(C(=O)CCNC(=O)c2ccsc2)C2CCCCC12. The number of thiophene rings is 1. The van der Waals surface area contributed by atoms with Crippen LogP contribution in [0.4, 0.5) is 0 Å². The molecule has 1 N–H and O–H groups in total. The van der Waals surface area contributed by atoms with Crippen molar-refractivity contribution in [3.8, 4) is 0 Å². The first kappa shape index (κ1) is 16.5. The molecule has 3 atom stereocenters. The molecule has 0 radical (unpaired) electrons. The minimum atomic E-state index is -0.0816. The largest absolute Gasteiger partial charge is 0.351 e. The van der Waals surface area contributed by atoms with E-state index in [1.54, 1.807) is 6.07 Å². The summed E-state index contributed by atoms with van der Waals surface area (Å²) >= 11 is 1.51. The molecular weight excluding hydrogens is 308 g/mol. The number of nitrogens with one attached hydrogen (secondary N) is 1. The van der Waals surface area contributed by atoms with E-state index in [2.05, 4.69) is 17.1 Å². The molecule has 2 fully saturated rings. The van der Waals surface area contributed by atoms with E-state index in [0.29, 0.717) is 30.5 Å². The van der Waals surface area contributed by atoms with Crippen LogP contribution in [0.25, 0.3) is 0 Å². The zero-order valence-electron chi connectivity index (χ0n) is 13.8. The summed E-state index contributed by atoms with van der Waals surface area (Å²) in [5.74, 6) is 1.55. The Labute approximate surface area is 142 Å². The highest BCUT2D eigenvalue weighted by Gasteiger charge is 2.38. The Hall–Kier alpha value is -1.36. The van der Waals surface area contributed by atoms with E-state index >= 15 is 0 Å². The van der Waals surface area contributed by atoms with Gasteiger partial charge in [0.2, 0.25) is 5.91 Å². The van der Waals surface area contributed by atoms with Gasteiger partial charge in [-0.3, -0.25) is 9.59 Å². The molecule has 1 aliphatic heterocycles. The molecule has 0 aromatic carbocycles. The number of carbonyl (C=O) groups excluding carboxylic acids is 2. The van der Waals surface area contributed by atoms with Gasteiger partial charge in [-0.15, -0.1) is 0 Å². The Morgan fingerprint density at radius 3 is 2.91 bits per heavy atom. The van der Waals surface area contributed by atoms with Crippen LogP contribution in [0.15, 0.2) is 16.8 Å². The Balaban J connectivity index is 1.50. The summed E-state index contributed by atoms with van der Waals surface area (Å²) in [5.41, 5.74) is 0.682. The zero-order chi connectivity index (χ0) is 16.2. The number of fused-ring (bicyclic) bond motifs is 1. The molecule has 2 aliphatic rings. The van der Waals surface area contributed by atoms with Crippen LogP contribution in [-0.2, 0) is 4.79 Å². The van der Waals surface area contributed by atoms with Crippen molar-refractivity contribution >= 4 is 23.2 Å². The van der Waals surface area contributed by atoms with Gasteiger partial charge < -0.3 is 10.2 Å². The van der Waals surface area contributed by atoms with Gasteiger partial charge in [-0.25, -0.2) is 0 Å². The molecule has 3 rings (SSSR count). The monoisotopic (exact) mass is 334 g/mol. The third kappa shape index (κ3) is 3.77. The standard InChI is InChI=1S/C18H26N2O2S/c1-13-7-10-20(16-5-3-2-4-15(13)16)17(21)6-9-19-18(22)14-8-11-23-12-14/h8,11-13,15-16H,2-7,9-10H2,1H3,(H,19,22). The summed E-state index contributed by atoms with van der Waals surface area (Å²) in [6.45, 7) is 3.66. The number of likely N-dealkylation sites (tertiary alicyclic amines) is 1. The van der Waals surface area contributed by atoms with Crippen molar-refractivity contribution in [1.82, 2.24) is 10.2 Å². The van der Waals surface area contributed by atoms with E-state index in [0.717, 1.165) is 25.3 Å². The van der Waals surface area contributed by atoms with Crippen LogP contribution >= 0.6 is 11.3 Å². The summed E-state index contributed by atoms with van der Waals surface area (Å²) in [6, 6.07) is 2.24. The van der Waals surface area contributed by atoms with E-state index in [-0.39, 0.29) is 11.8 Å². The maximum atomic E-state index is 12.6. The van der Waals surface area contributed by atoms with E-state index in [4.69, 9.17) is 0 Å². The molecule has 3 unspecified atom stereocenters. The predicted molar refractivity (Wildman–Crippen MR) is 92.5 cm³/mol. The second kappa shape index (κ2) is 7.47. The van der Waals surface area contributed by atoms with Crippen molar-refractivity contribution in [2.24, 2.45) is 11.8 Å².